The van der Waals surface area contributed by atoms with Gasteiger partial charge in [0.1, 0.15) is 18.1 Å². The number of hydrogen-bond acceptors (Lipinski definition) is 5. The molecule has 8 heteroatoms. The fourth-order valence-electron chi connectivity index (χ4n) is 3.50. The molecule has 1 atom stereocenters. The summed E-state index contributed by atoms with van der Waals surface area (Å²) in [5, 5.41) is 0. The van der Waals surface area contributed by atoms with E-state index >= 15 is 0 Å². The third-order valence-electron chi connectivity index (χ3n) is 5.57. The van der Waals surface area contributed by atoms with Gasteiger partial charge in [-0.25, -0.2) is 9.59 Å². The van der Waals surface area contributed by atoms with Crippen molar-refractivity contribution in [3.05, 3.63) is 95.6 Å². The van der Waals surface area contributed by atoms with Crippen molar-refractivity contribution < 1.29 is 37.0 Å². The Kier molecular flexibility index (Phi) is 10.1. The van der Waals surface area contributed by atoms with Crippen molar-refractivity contribution in [2.75, 3.05) is 0 Å². The van der Waals surface area contributed by atoms with Crippen LogP contribution in [0.3, 0.4) is 0 Å². The Morgan fingerprint density at radius 1 is 0.757 bits per heavy atom. The largest absolute Gasteiger partial charge is 0.489 e. The second kappa shape index (κ2) is 13.5. The Bertz CT molecular complexity index is 1130. The summed E-state index contributed by atoms with van der Waals surface area (Å²) < 4.78 is 55.6. The van der Waals surface area contributed by atoms with E-state index in [1.54, 1.807) is 24.3 Å². The highest BCUT2D eigenvalue weighted by Crippen LogP contribution is 2.28. The molecular weight excluding hydrogens is 485 g/mol. The topological polar surface area (TPSA) is 61.8 Å². The lowest BCUT2D eigenvalue weighted by Gasteiger charge is -2.20. The van der Waals surface area contributed by atoms with Crippen molar-refractivity contribution in [3.63, 3.8) is 0 Å². The maximum Gasteiger partial charge on any atom is 0.425 e. The zero-order valence-corrected chi connectivity index (χ0v) is 20.5. The van der Waals surface area contributed by atoms with E-state index in [0.717, 1.165) is 18.4 Å². The van der Waals surface area contributed by atoms with E-state index in [4.69, 9.17) is 14.2 Å². The molecule has 0 amide bonds. The normalized spacial score (nSPS) is 12.0. The van der Waals surface area contributed by atoms with Crippen LogP contribution in [0.5, 0.6) is 11.5 Å². The molecule has 0 unspecified atom stereocenters. The molecule has 37 heavy (non-hydrogen) atoms. The number of rotatable bonds is 12. The van der Waals surface area contributed by atoms with E-state index in [-0.39, 0.29) is 23.3 Å². The molecule has 0 aromatic heterocycles. The Hall–Kier alpha value is -3.81. The number of carbonyl (C=O) groups is 2. The molecule has 0 spiro atoms. The molecule has 0 aliphatic heterocycles. The molecule has 3 aromatic rings. The molecule has 0 heterocycles. The summed E-state index contributed by atoms with van der Waals surface area (Å²) in [6, 6.07) is 21.2. The average molecular weight is 515 g/mol. The summed E-state index contributed by atoms with van der Waals surface area (Å²) in [5.74, 6) is -0.986. The first-order chi connectivity index (χ1) is 17.8. The summed E-state index contributed by atoms with van der Waals surface area (Å²) in [6.07, 6.45) is -4.40. The lowest BCUT2D eigenvalue weighted by molar-refractivity contribution is -0.206. The van der Waals surface area contributed by atoms with E-state index in [1.807, 2.05) is 37.3 Å². The van der Waals surface area contributed by atoms with Gasteiger partial charge in [-0.3, -0.25) is 0 Å². The minimum atomic E-state index is -4.64. The summed E-state index contributed by atoms with van der Waals surface area (Å²) in [6.45, 7) is 2.35. The number of ether oxygens (including phenoxy) is 3. The van der Waals surface area contributed by atoms with Gasteiger partial charge in [0.05, 0.1) is 11.1 Å². The zero-order valence-electron chi connectivity index (χ0n) is 20.5. The molecule has 0 aliphatic carbocycles. The van der Waals surface area contributed by atoms with E-state index < -0.39 is 24.2 Å². The van der Waals surface area contributed by atoms with Gasteiger partial charge in [0, 0.05) is 0 Å². The fraction of sp³-hybridized carbons (Fsp3) is 0.310. The van der Waals surface area contributed by atoms with Gasteiger partial charge in [-0.1, -0.05) is 56.5 Å². The van der Waals surface area contributed by atoms with Crippen LogP contribution in [-0.2, 0) is 11.3 Å². The SMILES string of the molecule is CCCCCC[C@@H](OC(=O)c1ccc(OC(=O)c2ccc(OCc3ccccc3)cc2)cc1)C(F)(F)F. The quantitative estimate of drug-likeness (QED) is 0.142. The van der Waals surface area contributed by atoms with Crippen LogP contribution in [0.25, 0.3) is 0 Å². The number of hydrogen-bond donors (Lipinski definition) is 0. The lowest BCUT2D eigenvalue weighted by atomic mass is 10.1. The van der Waals surface area contributed by atoms with E-state index in [0.29, 0.717) is 25.2 Å². The van der Waals surface area contributed by atoms with Crippen molar-refractivity contribution in [1.82, 2.24) is 0 Å². The summed E-state index contributed by atoms with van der Waals surface area (Å²) >= 11 is 0. The van der Waals surface area contributed by atoms with Crippen molar-refractivity contribution in [1.29, 1.82) is 0 Å². The molecule has 0 aliphatic rings. The minimum absolute atomic E-state index is 0.0671. The third kappa shape index (κ3) is 8.97. The predicted octanol–water partition coefficient (Wildman–Crippen LogP) is 7.54. The molecule has 5 nitrogen and oxygen atoms in total. The molecule has 196 valence electrons. The Morgan fingerprint density at radius 3 is 1.95 bits per heavy atom. The van der Waals surface area contributed by atoms with Gasteiger partial charge >= 0.3 is 18.1 Å². The standard InChI is InChI=1S/C29H29F3O5/c1-2-3-4-8-11-26(29(30,31)32)37-28(34)23-14-18-25(19-15-23)36-27(33)22-12-16-24(17-13-22)35-20-21-9-6-5-7-10-21/h5-7,9-10,12-19,26H,2-4,8,11,20H2,1H3/t26-/m1/s1. The first kappa shape index (κ1) is 27.8. The highest BCUT2D eigenvalue weighted by atomic mass is 19.4. The highest BCUT2D eigenvalue weighted by molar-refractivity contribution is 5.92. The first-order valence-corrected chi connectivity index (χ1v) is 12.1. The van der Waals surface area contributed by atoms with E-state index in [2.05, 4.69) is 0 Å². The Morgan fingerprint density at radius 2 is 1.35 bits per heavy atom. The average Bonchev–Trinajstić information content (AvgIpc) is 2.90. The maximum absolute atomic E-state index is 13.3. The maximum atomic E-state index is 13.3. The molecule has 3 aromatic carbocycles. The van der Waals surface area contributed by atoms with Crippen LogP contribution in [0.2, 0.25) is 0 Å². The number of unbranched alkanes of at least 4 members (excludes halogenated alkanes) is 3. The van der Waals surface area contributed by atoms with Crippen molar-refractivity contribution in [3.8, 4) is 11.5 Å². The van der Waals surface area contributed by atoms with Gasteiger partial charge in [0.2, 0.25) is 0 Å². The molecule has 0 saturated carbocycles. The minimum Gasteiger partial charge on any atom is -0.489 e. The zero-order chi connectivity index (χ0) is 26.7. The summed E-state index contributed by atoms with van der Waals surface area (Å²) in [7, 11) is 0. The second-order valence-corrected chi connectivity index (χ2v) is 8.50. The van der Waals surface area contributed by atoms with Crippen molar-refractivity contribution in [2.45, 2.75) is 57.9 Å². The summed E-state index contributed by atoms with van der Waals surface area (Å²) in [5.41, 5.74) is 1.23. The molecule has 3 rings (SSSR count). The molecule has 0 N–H and O–H groups in total. The summed E-state index contributed by atoms with van der Waals surface area (Å²) in [4.78, 5) is 24.7. The Labute approximate surface area is 214 Å². The Balaban J connectivity index is 1.52. The molecule has 0 saturated heterocycles. The van der Waals surface area contributed by atoms with Gasteiger partial charge in [0.25, 0.3) is 0 Å². The van der Waals surface area contributed by atoms with Gasteiger partial charge in [-0.05, 0) is 66.9 Å². The number of alkyl halides is 3. The predicted molar refractivity (Wildman–Crippen MR) is 133 cm³/mol. The smallest absolute Gasteiger partial charge is 0.425 e. The van der Waals surface area contributed by atoms with Crippen LogP contribution in [-0.4, -0.2) is 24.2 Å². The van der Waals surface area contributed by atoms with Gasteiger partial charge < -0.3 is 14.2 Å². The van der Waals surface area contributed by atoms with Crippen molar-refractivity contribution in [2.24, 2.45) is 0 Å². The van der Waals surface area contributed by atoms with E-state index in [9.17, 15) is 22.8 Å². The van der Waals surface area contributed by atoms with Crippen LogP contribution in [0, 0.1) is 0 Å². The van der Waals surface area contributed by atoms with Crippen LogP contribution >= 0.6 is 0 Å². The van der Waals surface area contributed by atoms with Crippen molar-refractivity contribution >= 4 is 11.9 Å². The fourth-order valence-corrected chi connectivity index (χ4v) is 3.50. The molecular formula is C29H29F3O5. The monoisotopic (exact) mass is 514 g/mol. The van der Waals surface area contributed by atoms with Crippen LogP contribution in [0.4, 0.5) is 13.2 Å². The number of halogens is 3. The van der Waals surface area contributed by atoms with Crippen LogP contribution in [0.1, 0.15) is 65.3 Å². The number of esters is 2. The van der Waals surface area contributed by atoms with Crippen LogP contribution in [0.15, 0.2) is 78.9 Å². The van der Waals surface area contributed by atoms with Gasteiger partial charge in [0.15, 0.2) is 6.10 Å². The van der Waals surface area contributed by atoms with Gasteiger partial charge in [-0.15, -0.1) is 0 Å². The van der Waals surface area contributed by atoms with Crippen LogP contribution < -0.4 is 9.47 Å². The highest BCUT2D eigenvalue weighted by Gasteiger charge is 2.42. The first-order valence-electron chi connectivity index (χ1n) is 12.1. The lowest BCUT2D eigenvalue weighted by Crippen LogP contribution is -2.33. The third-order valence-corrected chi connectivity index (χ3v) is 5.57. The molecule has 0 fully saturated rings. The number of carbonyl (C=O) groups excluding carboxylic acids is 2. The second-order valence-electron chi connectivity index (χ2n) is 8.50. The number of benzene rings is 3. The molecule has 0 radical (unpaired) electrons. The van der Waals surface area contributed by atoms with Gasteiger partial charge in [-0.2, -0.15) is 13.2 Å². The molecule has 0 bridgehead atoms. The van der Waals surface area contributed by atoms with E-state index in [1.165, 1.54) is 24.3 Å².